The van der Waals surface area contributed by atoms with E-state index in [2.05, 4.69) is 6.92 Å². The summed E-state index contributed by atoms with van der Waals surface area (Å²) in [6.07, 6.45) is 1.78. The molecule has 0 saturated carbocycles. The quantitative estimate of drug-likeness (QED) is 0.895. The molecule has 1 aromatic carbocycles. The maximum atomic E-state index is 13.9. The Hall–Kier alpha value is -1.47. The van der Waals surface area contributed by atoms with E-state index in [9.17, 15) is 17.6 Å². The fraction of sp³-hybridized carbons (Fsp3) is 0.462. The van der Waals surface area contributed by atoms with Crippen LogP contribution in [0.2, 0.25) is 0 Å². The van der Waals surface area contributed by atoms with Crippen LogP contribution in [0.4, 0.5) is 4.39 Å². The number of primary sulfonamides is 1. The van der Waals surface area contributed by atoms with Crippen LogP contribution in [0.15, 0.2) is 23.1 Å². The average molecular weight is 300 g/mol. The lowest BCUT2D eigenvalue weighted by Crippen LogP contribution is -2.38. The number of piperidine rings is 1. The van der Waals surface area contributed by atoms with Crippen molar-refractivity contribution in [1.82, 2.24) is 4.90 Å². The van der Waals surface area contributed by atoms with Crippen LogP contribution in [0.25, 0.3) is 0 Å². The molecule has 5 nitrogen and oxygen atoms in total. The van der Waals surface area contributed by atoms with Crippen molar-refractivity contribution in [2.75, 3.05) is 13.1 Å². The zero-order chi connectivity index (χ0) is 14.9. The highest BCUT2D eigenvalue weighted by atomic mass is 32.2. The summed E-state index contributed by atoms with van der Waals surface area (Å²) >= 11 is 0. The van der Waals surface area contributed by atoms with Crippen molar-refractivity contribution in [2.24, 2.45) is 11.1 Å². The Morgan fingerprint density at radius 3 is 2.45 bits per heavy atom. The second-order valence-corrected chi connectivity index (χ2v) is 6.72. The third kappa shape index (κ3) is 3.16. The first-order valence-corrected chi connectivity index (χ1v) is 7.95. The lowest BCUT2D eigenvalue weighted by molar-refractivity contribution is 0.0692. The number of carbonyl (C=O) groups is 1. The van der Waals surface area contributed by atoms with E-state index in [-0.39, 0.29) is 10.5 Å². The number of rotatable bonds is 2. The normalized spacial score (nSPS) is 17.2. The van der Waals surface area contributed by atoms with Gasteiger partial charge in [-0.05, 0) is 37.0 Å². The highest BCUT2D eigenvalue weighted by molar-refractivity contribution is 7.89. The summed E-state index contributed by atoms with van der Waals surface area (Å²) in [5.41, 5.74) is -0.119. The van der Waals surface area contributed by atoms with Crippen molar-refractivity contribution in [3.8, 4) is 0 Å². The third-order valence-electron chi connectivity index (χ3n) is 3.57. The second-order valence-electron chi connectivity index (χ2n) is 5.16. The van der Waals surface area contributed by atoms with E-state index in [0.29, 0.717) is 19.0 Å². The summed E-state index contributed by atoms with van der Waals surface area (Å²) in [5.74, 6) is -0.704. The molecule has 0 radical (unpaired) electrons. The number of likely N-dealkylation sites (tertiary alicyclic amines) is 1. The molecule has 1 aliphatic rings. The predicted molar refractivity (Wildman–Crippen MR) is 72.1 cm³/mol. The van der Waals surface area contributed by atoms with Crippen molar-refractivity contribution in [3.63, 3.8) is 0 Å². The van der Waals surface area contributed by atoms with Crippen LogP contribution in [0, 0.1) is 11.7 Å². The number of benzene rings is 1. The molecule has 1 aromatic rings. The van der Waals surface area contributed by atoms with Crippen molar-refractivity contribution in [1.29, 1.82) is 0 Å². The first-order valence-electron chi connectivity index (χ1n) is 6.40. The number of amides is 1. The molecule has 1 heterocycles. The number of nitrogens with zero attached hydrogens (tertiary/aromatic N) is 1. The van der Waals surface area contributed by atoms with Crippen LogP contribution in [0.3, 0.4) is 0 Å². The molecule has 1 fully saturated rings. The van der Waals surface area contributed by atoms with Gasteiger partial charge in [0.25, 0.3) is 5.91 Å². The van der Waals surface area contributed by atoms with Gasteiger partial charge in [0.05, 0.1) is 10.5 Å². The minimum Gasteiger partial charge on any atom is -0.339 e. The number of halogens is 1. The number of nitrogens with two attached hydrogens (primary N) is 1. The molecule has 1 saturated heterocycles. The van der Waals surface area contributed by atoms with Gasteiger partial charge in [0, 0.05) is 13.1 Å². The third-order valence-corrected chi connectivity index (χ3v) is 4.48. The highest BCUT2D eigenvalue weighted by Crippen LogP contribution is 2.20. The zero-order valence-electron chi connectivity index (χ0n) is 11.2. The van der Waals surface area contributed by atoms with Crippen LogP contribution >= 0.6 is 0 Å². The van der Waals surface area contributed by atoms with E-state index in [1.54, 1.807) is 4.90 Å². The summed E-state index contributed by atoms with van der Waals surface area (Å²) < 4.78 is 36.1. The van der Waals surface area contributed by atoms with Crippen molar-refractivity contribution in [3.05, 3.63) is 29.6 Å². The van der Waals surface area contributed by atoms with Crippen molar-refractivity contribution in [2.45, 2.75) is 24.7 Å². The van der Waals surface area contributed by atoms with Gasteiger partial charge in [0.2, 0.25) is 10.0 Å². The minimum atomic E-state index is -3.96. The van der Waals surface area contributed by atoms with Gasteiger partial charge in [-0.3, -0.25) is 4.79 Å². The Morgan fingerprint density at radius 1 is 1.35 bits per heavy atom. The summed E-state index contributed by atoms with van der Waals surface area (Å²) in [6, 6.07) is 3.11. The Bertz CT molecular complexity index is 623. The molecule has 2 rings (SSSR count). The fourth-order valence-electron chi connectivity index (χ4n) is 2.23. The van der Waals surface area contributed by atoms with E-state index in [4.69, 9.17) is 5.14 Å². The van der Waals surface area contributed by atoms with Crippen LogP contribution in [-0.4, -0.2) is 32.3 Å². The number of hydrogen-bond acceptors (Lipinski definition) is 3. The van der Waals surface area contributed by atoms with Gasteiger partial charge in [-0.25, -0.2) is 17.9 Å². The van der Waals surface area contributed by atoms with Gasteiger partial charge in [-0.15, -0.1) is 0 Å². The second kappa shape index (κ2) is 5.49. The first kappa shape index (κ1) is 14.9. The summed E-state index contributed by atoms with van der Waals surface area (Å²) in [5, 5.41) is 4.92. The molecule has 0 aliphatic carbocycles. The molecule has 110 valence electrons. The number of hydrogen-bond donors (Lipinski definition) is 1. The largest absolute Gasteiger partial charge is 0.339 e. The Morgan fingerprint density at radius 2 is 1.95 bits per heavy atom. The molecule has 20 heavy (non-hydrogen) atoms. The fourth-order valence-corrected chi connectivity index (χ4v) is 2.75. The van der Waals surface area contributed by atoms with Crippen LogP contribution in [0.1, 0.15) is 30.1 Å². The standard InChI is InChI=1S/C13H17FN2O3S/c1-9-4-6-16(7-5-9)13(17)11-3-2-10(8-12(11)14)20(15,18)19/h2-3,8-9H,4-7H2,1H3,(H2,15,18,19). The van der Waals surface area contributed by atoms with Crippen LogP contribution in [-0.2, 0) is 10.0 Å². The van der Waals surface area contributed by atoms with E-state index >= 15 is 0 Å². The molecule has 2 N–H and O–H groups in total. The van der Waals surface area contributed by atoms with E-state index < -0.39 is 21.7 Å². The van der Waals surface area contributed by atoms with Gasteiger partial charge < -0.3 is 4.90 Å². The lowest BCUT2D eigenvalue weighted by Gasteiger charge is -2.30. The highest BCUT2D eigenvalue weighted by Gasteiger charge is 2.24. The summed E-state index contributed by atoms with van der Waals surface area (Å²) in [6.45, 7) is 3.30. The Kier molecular flexibility index (Phi) is 4.10. The minimum absolute atomic E-state index is 0.119. The van der Waals surface area contributed by atoms with E-state index in [1.807, 2.05) is 0 Å². The SMILES string of the molecule is CC1CCN(C(=O)c2ccc(S(N)(=O)=O)cc2F)CC1. The van der Waals surface area contributed by atoms with Gasteiger partial charge >= 0.3 is 0 Å². The molecule has 0 bridgehead atoms. The van der Waals surface area contributed by atoms with Gasteiger partial charge in [0.15, 0.2) is 0 Å². The zero-order valence-corrected chi connectivity index (χ0v) is 12.0. The topological polar surface area (TPSA) is 80.5 Å². The number of sulfonamides is 1. The molecule has 1 amide bonds. The van der Waals surface area contributed by atoms with Crippen LogP contribution < -0.4 is 5.14 Å². The molecular weight excluding hydrogens is 283 g/mol. The summed E-state index contributed by atoms with van der Waals surface area (Å²) in [7, 11) is -3.96. The smallest absolute Gasteiger partial charge is 0.256 e. The molecule has 7 heteroatoms. The number of carbonyl (C=O) groups excluding carboxylic acids is 1. The van der Waals surface area contributed by atoms with Crippen molar-refractivity contribution >= 4 is 15.9 Å². The predicted octanol–water partition coefficient (Wildman–Crippen LogP) is 1.35. The molecular formula is C13H17FN2O3S. The first-order chi connectivity index (χ1) is 9.29. The average Bonchev–Trinajstić information content (AvgIpc) is 2.37. The molecule has 0 unspecified atom stereocenters. The maximum absolute atomic E-state index is 13.9. The van der Waals surface area contributed by atoms with Gasteiger partial charge in [-0.1, -0.05) is 6.92 Å². The molecule has 0 spiro atoms. The summed E-state index contributed by atoms with van der Waals surface area (Å²) in [4.78, 5) is 13.5. The van der Waals surface area contributed by atoms with Gasteiger partial charge in [-0.2, -0.15) is 0 Å². The van der Waals surface area contributed by atoms with E-state index in [1.165, 1.54) is 6.07 Å². The van der Waals surface area contributed by atoms with Crippen LogP contribution in [0.5, 0.6) is 0 Å². The molecule has 0 atom stereocenters. The van der Waals surface area contributed by atoms with Crippen molar-refractivity contribution < 1.29 is 17.6 Å². The Labute approximate surface area is 117 Å². The molecule has 0 aromatic heterocycles. The Balaban J connectivity index is 2.23. The maximum Gasteiger partial charge on any atom is 0.256 e. The van der Waals surface area contributed by atoms with Gasteiger partial charge in [0.1, 0.15) is 5.82 Å². The molecule has 1 aliphatic heterocycles. The monoisotopic (exact) mass is 300 g/mol. The van der Waals surface area contributed by atoms with E-state index in [0.717, 1.165) is 25.0 Å². The lowest BCUT2D eigenvalue weighted by atomic mass is 9.98.